The smallest absolute Gasteiger partial charge is 0.124 e. The van der Waals surface area contributed by atoms with Crippen LogP contribution in [-0.2, 0) is 0 Å². The Balaban J connectivity index is 2.37. The van der Waals surface area contributed by atoms with Crippen LogP contribution in [0.4, 0.5) is 4.39 Å². The quantitative estimate of drug-likeness (QED) is 0.890. The highest BCUT2D eigenvalue weighted by Crippen LogP contribution is 2.25. The maximum atomic E-state index is 13.2. The molecule has 0 aliphatic heterocycles. The second-order valence-electron chi connectivity index (χ2n) is 3.52. The monoisotopic (exact) mass is 280 g/mol. The van der Waals surface area contributed by atoms with Crippen molar-refractivity contribution in [3.05, 3.63) is 69.9 Å². The van der Waals surface area contributed by atoms with Gasteiger partial charge in [0.1, 0.15) is 11.9 Å². The van der Waals surface area contributed by atoms with Gasteiger partial charge in [0.15, 0.2) is 0 Å². The Hall–Kier alpha value is -1.19. The van der Waals surface area contributed by atoms with E-state index in [1.165, 1.54) is 12.1 Å². The molecule has 2 rings (SSSR count). The third-order valence-corrected chi connectivity index (χ3v) is 2.77. The summed E-state index contributed by atoms with van der Waals surface area (Å²) >= 11 is 3.20. The molecule has 0 saturated carbocycles. The summed E-state index contributed by atoms with van der Waals surface area (Å²) in [5, 5.41) is 10.1. The van der Waals surface area contributed by atoms with E-state index >= 15 is 0 Å². The summed E-state index contributed by atoms with van der Waals surface area (Å²) < 4.78 is 13.8. The summed E-state index contributed by atoms with van der Waals surface area (Å²) in [6, 6.07) is 13.6. The molecule has 2 aromatic rings. The van der Waals surface area contributed by atoms with Crippen LogP contribution in [0.1, 0.15) is 17.2 Å². The van der Waals surface area contributed by atoms with E-state index in [1.807, 2.05) is 30.3 Å². The molecule has 1 atom stereocenters. The minimum atomic E-state index is -0.798. The number of halogens is 2. The van der Waals surface area contributed by atoms with Crippen molar-refractivity contribution in [1.82, 2.24) is 0 Å². The number of benzene rings is 2. The summed E-state index contributed by atoms with van der Waals surface area (Å²) in [4.78, 5) is 0. The zero-order chi connectivity index (χ0) is 11.5. The molecule has 0 bridgehead atoms. The summed E-state index contributed by atoms with van der Waals surface area (Å²) in [7, 11) is 0. The predicted octanol–water partition coefficient (Wildman–Crippen LogP) is 3.67. The zero-order valence-corrected chi connectivity index (χ0v) is 9.99. The van der Waals surface area contributed by atoms with Crippen molar-refractivity contribution >= 4 is 15.9 Å². The lowest BCUT2D eigenvalue weighted by Crippen LogP contribution is -1.99. The third-order valence-electron chi connectivity index (χ3n) is 2.32. The molecule has 0 aliphatic rings. The van der Waals surface area contributed by atoms with Gasteiger partial charge >= 0.3 is 0 Å². The van der Waals surface area contributed by atoms with Crippen molar-refractivity contribution in [1.29, 1.82) is 0 Å². The highest BCUT2D eigenvalue weighted by atomic mass is 79.9. The number of aliphatic hydroxyl groups excluding tert-OH is 1. The van der Waals surface area contributed by atoms with Crippen molar-refractivity contribution in [3.63, 3.8) is 0 Å². The van der Waals surface area contributed by atoms with Gasteiger partial charge in [-0.2, -0.15) is 0 Å². The summed E-state index contributed by atoms with van der Waals surface area (Å²) in [6.45, 7) is 0. The Morgan fingerprint density at radius 1 is 1.00 bits per heavy atom. The molecule has 0 heterocycles. The lowest BCUT2D eigenvalue weighted by molar-refractivity contribution is 0.219. The van der Waals surface area contributed by atoms with Gasteiger partial charge in [-0.05, 0) is 29.3 Å². The molecule has 82 valence electrons. The van der Waals surface area contributed by atoms with E-state index in [9.17, 15) is 9.50 Å². The highest BCUT2D eigenvalue weighted by Gasteiger charge is 2.11. The Bertz CT molecular complexity index is 464. The van der Waals surface area contributed by atoms with E-state index in [1.54, 1.807) is 6.07 Å². The van der Waals surface area contributed by atoms with Crippen molar-refractivity contribution in [3.8, 4) is 0 Å². The van der Waals surface area contributed by atoms with E-state index in [4.69, 9.17) is 0 Å². The van der Waals surface area contributed by atoms with Gasteiger partial charge in [-0.1, -0.05) is 46.3 Å². The van der Waals surface area contributed by atoms with Crippen molar-refractivity contribution in [2.45, 2.75) is 6.10 Å². The molecule has 1 nitrogen and oxygen atoms in total. The van der Waals surface area contributed by atoms with Crippen LogP contribution in [0.15, 0.2) is 53.0 Å². The van der Waals surface area contributed by atoms with Crippen LogP contribution < -0.4 is 0 Å². The van der Waals surface area contributed by atoms with Gasteiger partial charge in [-0.3, -0.25) is 0 Å². The third kappa shape index (κ3) is 2.49. The fraction of sp³-hybridized carbons (Fsp3) is 0.0769. The molecule has 0 fully saturated rings. The van der Waals surface area contributed by atoms with Gasteiger partial charge in [0.05, 0.1) is 0 Å². The van der Waals surface area contributed by atoms with Crippen LogP contribution in [0.3, 0.4) is 0 Å². The van der Waals surface area contributed by atoms with Crippen LogP contribution in [0.5, 0.6) is 0 Å². The standard InChI is InChI=1S/C13H10BrFO/c14-11-6-10(7-12(15)8-11)13(16)9-4-2-1-3-5-9/h1-8,13,16H. The average molecular weight is 281 g/mol. The summed E-state index contributed by atoms with van der Waals surface area (Å²) in [6.07, 6.45) is -0.798. The molecule has 1 N–H and O–H groups in total. The molecule has 0 aliphatic carbocycles. The maximum Gasteiger partial charge on any atom is 0.124 e. The fourth-order valence-corrected chi connectivity index (χ4v) is 2.04. The van der Waals surface area contributed by atoms with Crippen LogP contribution in [-0.4, -0.2) is 5.11 Å². The number of rotatable bonds is 2. The first-order chi connectivity index (χ1) is 7.66. The van der Waals surface area contributed by atoms with E-state index in [0.29, 0.717) is 10.0 Å². The number of hydrogen-bond acceptors (Lipinski definition) is 1. The largest absolute Gasteiger partial charge is 0.384 e. The van der Waals surface area contributed by atoms with E-state index in [2.05, 4.69) is 15.9 Å². The topological polar surface area (TPSA) is 20.2 Å². The van der Waals surface area contributed by atoms with Crippen LogP contribution in [0, 0.1) is 5.82 Å². The second-order valence-corrected chi connectivity index (χ2v) is 4.43. The van der Waals surface area contributed by atoms with Gasteiger partial charge in [-0.25, -0.2) is 4.39 Å². The van der Waals surface area contributed by atoms with Gasteiger partial charge in [0.2, 0.25) is 0 Å². The van der Waals surface area contributed by atoms with Gasteiger partial charge < -0.3 is 5.11 Å². The highest BCUT2D eigenvalue weighted by molar-refractivity contribution is 9.10. The molecule has 0 saturated heterocycles. The maximum absolute atomic E-state index is 13.2. The van der Waals surface area contributed by atoms with Gasteiger partial charge in [-0.15, -0.1) is 0 Å². The van der Waals surface area contributed by atoms with Crippen LogP contribution in [0.25, 0.3) is 0 Å². The molecule has 0 spiro atoms. The van der Waals surface area contributed by atoms with E-state index in [-0.39, 0.29) is 5.82 Å². The van der Waals surface area contributed by atoms with Crippen molar-refractivity contribution in [2.24, 2.45) is 0 Å². The average Bonchev–Trinajstić information content (AvgIpc) is 2.28. The molecule has 0 aromatic heterocycles. The van der Waals surface area contributed by atoms with Gasteiger partial charge in [0, 0.05) is 4.47 Å². The minimum Gasteiger partial charge on any atom is -0.384 e. The minimum absolute atomic E-state index is 0.362. The normalized spacial score (nSPS) is 12.4. The molecule has 2 aromatic carbocycles. The predicted molar refractivity (Wildman–Crippen MR) is 64.6 cm³/mol. The number of hydrogen-bond donors (Lipinski definition) is 1. The molecule has 3 heteroatoms. The lowest BCUT2D eigenvalue weighted by atomic mass is 10.0. The lowest BCUT2D eigenvalue weighted by Gasteiger charge is -2.11. The molecule has 0 amide bonds. The molecular formula is C13H10BrFO. The first kappa shape index (κ1) is 11.3. The summed E-state index contributed by atoms with van der Waals surface area (Å²) in [5.41, 5.74) is 1.29. The molecular weight excluding hydrogens is 271 g/mol. The number of aliphatic hydroxyl groups is 1. The first-order valence-electron chi connectivity index (χ1n) is 4.86. The Morgan fingerprint density at radius 3 is 2.31 bits per heavy atom. The second kappa shape index (κ2) is 4.76. The van der Waals surface area contributed by atoms with Crippen LogP contribution in [0.2, 0.25) is 0 Å². The molecule has 16 heavy (non-hydrogen) atoms. The van der Waals surface area contributed by atoms with Crippen molar-refractivity contribution < 1.29 is 9.50 Å². The first-order valence-corrected chi connectivity index (χ1v) is 5.65. The fourth-order valence-electron chi connectivity index (χ4n) is 1.56. The van der Waals surface area contributed by atoms with Gasteiger partial charge in [0.25, 0.3) is 0 Å². The molecule has 1 unspecified atom stereocenters. The zero-order valence-electron chi connectivity index (χ0n) is 8.40. The SMILES string of the molecule is OC(c1ccccc1)c1cc(F)cc(Br)c1. The van der Waals surface area contributed by atoms with Crippen molar-refractivity contribution in [2.75, 3.05) is 0 Å². The Labute approximate surface area is 102 Å². The van der Waals surface area contributed by atoms with Crippen LogP contribution >= 0.6 is 15.9 Å². The Kier molecular flexibility index (Phi) is 3.36. The van der Waals surface area contributed by atoms with E-state index in [0.717, 1.165) is 5.56 Å². The van der Waals surface area contributed by atoms with E-state index < -0.39 is 6.10 Å². The molecule has 0 radical (unpaired) electrons. The Morgan fingerprint density at radius 2 is 1.69 bits per heavy atom. The summed E-state index contributed by atoms with van der Waals surface area (Å²) in [5.74, 6) is -0.362.